The van der Waals surface area contributed by atoms with Crippen LogP contribution in [-0.2, 0) is 21.5 Å². The van der Waals surface area contributed by atoms with Crippen LogP contribution in [0.1, 0.15) is 25.3 Å². The number of nitrogens with zero attached hydrogens (tertiary/aromatic N) is 3. The van der Waals surface area contributed by atoms with Crippen molar-refractivity contribution in [1.82, 2.24) is 13.5 Å². The van der Waals surface area contributed by atoms with Crippen molar-refractivity contribution in [3.05, 3.63) is 34.9 Å². The molecule has 2 aliphatic rings. The molecular weight excluding hydrogens is 362 g/mol. The van der Waals surface area contributed by atoms with Crippen molar-refractivity contribution >= 4 is 27.7 Å². The van der Waals surface area contributed by atoms with Gasteiger partial charge in [-0.2, -0.15) is 17.0 Å². The number of hydrogen-bond acceptors (Lipinski definition) is 3. The molecule has 25 heavy (non-hydrogen) atoms. The third kappa shape index (κ3) is 4.34. The summed E-state index contributed by atoms with van der Waals surface area (Å²) in [5.41, 5.74) is 0.881. The Morgan fingerprint density at radius 1 is 1.16 bits per heavy atom. The second-order valence-electron chi connectivity index (χ2n) is 6.89. The number of amides is 1. The molecule has 0 spiro atoms. The van der Waals surface area contributed by atoms with E-state index in [0.29, 0.717) is 30.6 Å². The molecule has 2 aliphatic heterocycles. The number of rotatable bonds is 4. The Balaban J connectivity index is 1.62. The fraction of sp³-hybridized carbons (Fsp3) is 0.588. The Kier molecular flexibility index (Phi) is 5.68. The number of carbonyl (C=O) groups is 1. The molecule has 1 amide bonds. The van der Waals surface area contributed by atoms with Gasteiger partial charge in [0, 0.05) is 37.7 Å². The second-order valence-corrected chi connectivity index (χ2v) is 9.25. The molecule has 0 aliphatic carbocycles. The van der Waals surface area contributed by atoms with E-state index in [4.69, 9.17) is 11.6 Å². The maximum absolute atomic E-state index is 12.7. The van der Waals surface area contributed by atoms with Gasteiger partial charge in [-0.3, -0.25) is 4.79 Å². The summed E-state index contributed by atoms with van der Waals surface area (Å²) in [7, 11) is -3.60. The molecule has 1 unspecified atom stereocenters. The van der Waals surface area contributed by atoms with Crippen LogP contribution in [0.5, 0.6) is 0 Å². The molecule has 0 aromatic heterocycles. The Bertz CT molecular complexity index is 723. The van der Waals surface area contributed by atoms with Crippen LogP contribution in [0, 0.1) is 5.92 Å². The molecule has 0 radical (unpaired) electrons. The molecule has 2 saturated heterocycles. The van der Waals surface area contributed by atoms with Crippen LogP contribution in [0.3, 0.4) is 0 Å². The van der Waals surface area contributed by atoms with E-state index in [2.05, 4.69) is 6.92 Å². The highest BCUT2D eigenvalue weighted by atomic mass is 35.5. The third-order valence-corrected chi connectivity index (χ3v) is 7.03. The van der Waals surface area contributed by atoms with E-state index in [1.807, 2.05) is 12.1 Å². The molecule has 1 aromatic carbocycles. The maximum atomic E-state index is 12.7. The van der Waals surface area contributed by atoms with E-state index in [9.17, 15) is 13.2 Å². The molecule has 0 bridgehead atoms. The van der Waals surface area contributed by atoms with Gasteiger partial charge in [-0.15, -0.1) is 0 Å². The van der Waals surface area contributed by atoms with Crippen molar-refractivity contribution < 1.29 is 13.2 Å². The van der Waals surface area contributed by atoms with Crippen molar-refractivity contribution in [1.29, 1.82) is 0 Å². The maximum Gasteiger partial charge on any atom is 0.282 e. The van der Waals surface area contributed by atoms with Crippen LogP contribution >= 0.6 is 11.6 Å². The molecule has 6 nitrogen and oxygen atoms in total. The van der Waals surface area contributed by atoms with Gasteiger partial charge in [0.1, 0.15) is 0 Å². The molecule has 1 aromatic rings. The average molecular weight is 386 g/mol. The highest BCUT2D eigenvalue weighted by Gasteiger charge is 2.38. The third-order valence-electron chi connectivity index (χ3n) is 4.84. The van der Waals surface area contributed by atoms with Gasteiger partial charge in [-0.25, -0.2) is 0 Å². The Morgan fingerprint density at radius 3 is 2.52 bits per heavy atom. The van der Waals surface area contributed by atoms with Crippen molar-refractivity contribution in [2.45, 2.75) is 26.3 Å². The van der Waals surface area contributed by atoms with Crippen LogP contribution in [0.25, 0.3) is 0 Å². The first-order valence-electron chi connectivity index (χ1n) is 8.63. The van der Waals surface area contributed by atoms with Crippen LogP contribution in [0.4, 0.5) is 0 Å². The zero-order chi connectivity index (χ0) is 18.0. The summed E-state index contributed by atoms with van der Waals surface area (Å²) in [6.07, 6.45) is 2.11. The first-order chi connectivity index (χ1) is 11.9. The van der Waals surface area contributed by atoms with Gasteiger partial charge in [0.15, 0.2) is 0 Å². The van der Waals surface area contributed by atoms with Crippen molar-refractivity contribution in [3.8, 4) is 0 Å². The van der Waals surface area contributed by atoms with Gasteiger partial charge < -0.3 is 4.90 Å². The number of benzene rings is 1. The predicted octanol–water partition coefficient (Wildman–Crippen LogP) is 1.96. The summed E-state index contributed by atoms with van der Waals surface area (Å²) < 4.78 is 28.1. The number of carbonyl (C=O) groups excluding carboxylic acids is 1. The summed E-state index contributed by atoms with van der Waals surface area (Å²) >= 11 is 5.87. The van der Waals surface area contributed by atoms with E-state index in [1.54, 1.807) is 17.0 Å². The minimum Gasteiger partial charge on any atom is -0.341 e. The minimum atomic E-state index is -3.60. The number of likely N-dealkylation sites (tertiary alicyclic amines) is 1. The molecule has 2 heterocycles. The molecule has 138 valence electrons. The number of hydrogen-bond donors (Lipinski definition) is 0. The van der Waals surface area contributed by atoms with Crippen LogP contribution in [-0.4, -0.2) is 60.6 Å². The summed E-state index contributed by atoms with van der Waals surface area (Å²) in [5, 5.41) is 0.621. The van der Waals surface area contributed by atoms with Crippen LogP contribution in [0.2, 0.25) is 5.02 Å². The molecular formula is C17H24ClN3O3S. The van der Waals surface area contributed by atoms with Gasteiger partial charge in [-0.1, -0.05) is 30.7 Å². The Labute approximate surface area is 154 Å². The molecule has 2 fully saturated rings. The summed E-state index contributed by atoms with van der Waals surface area (Å²) in [5.74, 6) is 0.387. The van der Waals surface area contributed by atoms with Gasteiger partial charge in [0.25, 0.3) is 10.2 Å². The lowest BCUT2D eigenvalue weighted by atomic mass is 10.0. The SMILES string of the molecule is CC1CCCN(C(=O)CN2CCN(Cc3ccc(Cl)cc3)S2(=O)=O)C1. The Hall–Kier alpha value is -1.15. The quantitative estimate of drug-likeness (QED) is 0.796. The van der Waals surface area contributed by atoms with Gasteiger partial charge >= 0.3 is 0 Å². The fourth-order valence-electron chi connectivity index (χ4n) is 3.40. The fourth-order valence-corrected chi connectivity index (χ4v) is 5.06. The van der Waals surface area contributed by atoms with E-state index in [1.165, 1.54) is 8.61 Å². The molecule has 0 saturated carbocycles. The monoisotopic (exact) mass is 385 g/mol. The smallest absolute Gasteiger partial charge is 0.282 e. The topological polar surface area (TPSA) is 60.9 Å². The zero-order valence-electron chi connectivity index (χ0n) is 14.4. The molecule has 0 N–H and O–H groups in total. The lowest BCUT2D eigenvalue weighted by molar-refractivity contribution is -0.133. The summed E-state index contributed by atoms with van der Waals surface area (Å²) in [4.78, 5) is 14.3. The molecule has 3 rings (SSSR count). The van der Waals surface area contributed by atoms with Gasteiger partial charge in [0.2, 0.25) is 5.91 Å². The van der Waals surface area contributed by atoms with E-state index in [0.717, 1.165) is 31.5 Å². The van der Waals surface area contributed by atoms with Crippen molar-refractivity contribution in [2.75, 3.05) is 32.7 Å². The average Bonchev–Trinajstić information content (AvgIpc) is 2.84. The van der Waals surface area contributed by atoms with Crippen LogP contribution in [0.15, 0.2) is 24.3 Å². The first-order valence-corrected chi connectivity index (χ1v) is 10.4. The molecule has 1 atom stereocenters. The highest BCUT2D eigenvalue weighted by molar-refractivity contribution is 7.87. The number of halogens is 1. The minimum absolute atomic E-state index is 0.0633. The second kappa shape index (κ2) is 7.61. The highest BCUT2D eigenvalue weighted by Crippen LogP contribution is 2.22. The standard InChI is InChI=1S/C17H24ClN3O3S/c1-14-3-2-8-19(11-14)17(22)13-21-10-9-20(25(21,23)24)12-15-4-6-16(18)7-5-15/h4-7,14H,2-3,8-13H2,1H3. The van der Waals surface area contributed by atoms with E-state index < -0.39 is 10.2 Å². The van der Waals surface area contributed by atoms with E-state index >= 15 is 0 Å². The van der Waals surface area contributed by atoms with Crippen LogP contribution < -0.4 is 0 Å². The summed E-state index contributed by atoms with van der Waals surface area (Å²) in [6.45, 7) is 4.56. The largest absolute Gasteiger partial charge is 0.341 e. The summed E-state index contributed by atoms with van der Waals surface area (Å²) in [6, 6.07) is 7.14. The predicted molar refractivity (Wildman–Crippen MR) is 97.3 cm³/mol. The van der Waals surface area contributed by atoms with Gasteiger partial charge in [0.05, 0.1) is 6.54 Å². The van der Waals surface area contributed by atoms with Crippen molar-refractivity contribution in [2.24, 2.45) is 5.92 Å². The first kappa shape index (κ1) is 18.6. The zero-order valence-corrected chi connectivity index (χ0v) is 16.0. The molecule has 8 heteroatoms. The number of piperidine rings is 1. The van der Waals surface area contributed by atoms with Crippen molar-refractivity contribution in [3.63, 3.8) is 0 Å². The lowest BCUT2D eigenvalue weighted by Crippen LogP contribution is -2.45. The normalized spacial score (nSPS) is 24.6. The van der Waals surface area contributed by atoms with Gasteiger partial charge in [-0.05, 0) is 36.5 Å². The Morgan fingerprint density at radius 2 is 1.84 bits per heavy atom. The van der Waals surface area contributed by atoms with E-state index in [-0.39, 0.29) is 12.5 Å². The lowest BCUT2D eigenvalue weighted by Gasteiger charge is -2.32.